The van der Waals surface area contributed by atoms with Crippen LogP contribution in [0, 0.1) is 0 Å². The number of hydrogen-bond donors (Lipinski definition) is 3. The topological polar surface area (TPSA) is 61.4 Å². The van der Waals surface area contributed by atoms with Crippen LogP contribution >= 0.6 is 0 Å². The van der Waals surface area contributed by atoms with Crippen LogP contribution in [0.1, 0.15) is 39.5 Å². The molecule has 0 aromatic heterocycles. The molecule has 1 aliphatic carbocycles. The van der Waals surface area contributed by atoms with E-state index in [4.69, 9.17) is 5.11 Å². The summed E-state index contributed by atoms with van der Waals surface area (Å²) in [6.45, 7) is 4.49. The maximum Gasteiger partial charge on any atom is 0.234 e. The first-order valence-corrected chi connectivity index (χ1v) is 5.75. The molecule has 0 heterocycles. The van der Waals surface area contributed by atoms with Gasteiger partial charge in [-0.25, -0.2) is 0 Å². The predicted molar refractivity (Wildman–Crippen MR) is 59.6 cm³/mol. The van der Waals surface area contributed by atoms with Crippen molar-refractivity contribution < 1.29 is 9.90 Å². The van der Waals surface area contributed by atoms with Crippen LogP contribution in [-0.4, -0.2) is 35.7 Å². The monoisotopic (exact) mass is 214 g/mol. The van der Waals surface area contributed by atoms with Crippen LogP contribution in [0.2, 0.25) is 0 Å². The molecule has 3 N–H and O–H groups in total. The van der Waals surface area contributed by atoms with E-state index in [2.05, 4.69) is 10.6 Å². The lowest BCUT2D eigenvalue weighted by Crippen LogP contribution is -2.49. The molecule has 1 aliphatic rings. The summed E-state index contributed by atoms with van der Waals surface area (Å²) in [5.74, 6) is 0.0275. The fourth-order valence-corrected chi connectivity index (χ4v) is 1.48. The summed E-state index contributed by atoms with van der Waals surface area (Å²) in [4.78, 5) is 11.6. The van der Waals surface area contributed by atoms with E-state index in [-0.39, 0.29) is 18.1 Å². The van der Waals surface area contributed by atoms with Crippen LogP contribution in [0.25, 0.3) is 0 Å². The molecule has 15 heavy (non-hydrogen) atoms. The van der Waals surface area contributed by atoms with Crippen LogP contribution in [0.5, 0.6) is 0 Å². The minimum atomic E-state index is -0.267. The number of nitrogens with one attached hydrogen (secondary N) is 2. The lowest BCUT2D eigenvalue weighted by atomic mass is 9.95. The van der Waals surface area contributed by atoms with Gasteiger partial charge in [0.15, 0.2) is 0 Å². The molecule has 1 rings (SSSR count). The van der Waals surface area contributed by atoms with Crippen LogP contribution < -0.4 is 10.6 Å². The highest BCUT2D eigenvalue weighted by atomic mass is 16.3. The van der Waals surface area contributed by atoms with E-state index in [1.165, 1.54) is 12.8 Å². The van der Waals surface area contributed by atoms with Crippen molar-refractivity contribution in [3.8, 4) is 0 Å². The summed E-state index contributed by atoms with van der Waals surface area (Å²) in [5, 5.41) is 15.0. The van der Waals surface area contributed by atoms with Gasteiger partial charge in [0.1, 0.15) is 0 Å². The Labute approximate surface area is 91.4 Å². The van der Waals surface area contributed by atoms with Gasteiger partial charge in [-0.3, -0.25) is 4.79 Å². The van der Waals surface area contributed by atoms with Crippen LogP contribution in [-0.2, 0) is 4.79 Å². The fourth-order valence-electron chi connectivity index (χ4n) is 1.48. The van der Waals surface area contributed by atoms with Crippen molar-refractivity contribution in [1.29, 1.82) is 0 Å². The zero-order valence-corrected chi connectivity index (χ0v) is 9.68. The van der Waals surface area contributed by atoms with E-state index in [1.807, 2.05) is 13.8 Å². The quantitative estimate of drug-likeness (QED) is 0.575. The Morgan fingerprint density at radius 3 is 2.67 bits per heavy atom. The van der Waals surface area contributed by atoms with E-state index in [9.17, 15) is 4.79 Å². The van der Waals surface area contributed by atoms with E-state index in [0.717, 1.165) is 6.42 Å². The third-order valence-electron chi connectivity index (χ3n) is 3.01. The highest BCUT2D eigenvalue weighted by molar-refractivity contribution is 5.78. The van der Waals surface area contributed by atoms with Crippen LogP contribution in [0.15, 0.2) is 0 Å². The van der Waals surface area contributed by atoms with Crippen molar-refractivity contribution in [3.05, 3.63) is 0 Å². The third kappa shape index (κ3) is 4.62. The maximum atomic E-state index is 11.6. The van der Waals surface area contributed by atoms with Gasteiger partial charge >= 0.3 is 0 Å². The summed E-state index contributed by atoms with van der Waals surface area (Å²) in [5.41, 5.74) is -0.267. The second-order valence-corrected chi connectivity index (χ2v) is 4.59. The van der Waals surface area contributed by atoms with E-state index in [0.29, 0.717) is 19.0 Å². The van der Waals surface area contributed by atoms with Gasteiger partial charge in [0.05, 0.1) is 6.54 Å². The van der Waals surface area contributed by atoms with Crippen molar-refractivity contribution in [1.82, 2.24) is 10.6 Å². The number of hydrogen-bond acceptors (Lipinski definition) is 3. The zero-order valence-electron chi connectivity index (χ0n) is 9.68. The van der Waals surface area contributed by atoms with Gasteiger partial charge in [-0.2, -0.15) is 0 Å². The van der Waals surface area contributed by atoms with Gasteiger partial charge in [0, 0.05) is 18.2 Å². The Morgan fingerprint density at radius 1 is 1.53 bits per heavy atom. The number of carbonyl (C=O) groups excluding carboxylic acids is 1. The maximum absolute atomic E-state index is 11.6. The molecule has 0 spiro atoms. The molecule has 0 aromatic carbocycles. The van der Waals surface area contributed by atoms with Gasteiger partial charge < -0.3 is 15.7 Å². The normalized spacial score (nSPS) is 19.7. The molecule has 0 aromatic rings. The first-order chi connectivity index (χ1) is 7.09. The Kier molecular flexibility index (Phi) is 4.54. The summed E-state index contributed by atoms with van der Waals surface area (Å²) < 4.78 is 0. The molecule has 4 nitrogen and oxygen atoms in total. The predicted octanol–water partition coefficient (Wildman–Crippen LogP) is 0.406. The van der Waals surface area contributed by atoms with Gasteiger partial charge in [-0.05, 0) is 32.6 Å². The first-order valence-electron chi connectivity index (χ1n) is 5.75. The smallest absolute Gasteiger partial charge is 0.234 e. The largest absolute Gasteiger partial charge is 0.396 e. The molecule has 1 atom stereocenters. The Bertz CT molecular complexity index is 217. The molecule has 0 saturated heterocycles. The SMILES string of the molecule is CCC(C)(CCO)NC(=O)CNC1CC1. The highest BCUT2D eigenvalue weighted by Crippen LogP contribution is 2.18. The molecule has 1 unspecified atom stereocenters. The first kappa shape index (κ1) is 12.5. The molecule has 0 bridgehead atoms. The van der Waals surface area contributed by atoms with Gasteiger partial charge in [-0.1, -0.05) is 6.92 Å². The lowest BCUT2D eigenvalue weighted by Gasteiger charge is -2.29. The van der Waals surface area contributed by atoms with Crippen molar-refractivity contribution in [2.24, 2.45) is 0 Å². The van der Waals surface area contributed by atoms with Crippen molar-refractivity contribution in [2.75, 3.05) is 13.2 Å². The average molecular weight is 214 g/mol. The minimum Gasteiger partial charge on any atom is -0.396 e. The number of rotatable bonds is 7. The third-order valence-corrected chi connectivity index (χ3v) is 3.01. The van der Waals surface area contributed by atoms with Gasteiger partial charge in [-0.15, -0.1) is 0 Å². The molecule has 1 fully saturated rings. The van der Waals surface area contributed by atoms with Crippen molar-refractivity contribution >= 4 is 5.91 Å². The Balaban J connectivity index is 2.25. The standard InChI is InChI=1S/C11H22N2O2/c1-3-11(2,6-7-14)13-10(15)8-12-9-4-5-9/h9,12,14H,3-8H2,1-2H3,(H,13,15). The van der Waals surface area contributed by atoms with E-state index in [1.54, 1.807) is 0 Å². The Hall–Kier alpha value is -0.610. The van der Waals surface area contributed by atoms with E-state index >= 15 is 0 Å². The second kappa shape index (κ2) is 5.47. The van der Waals surface area contributed by atoms with Gasteiger partial charge in [0.2, 0.25) is 5.91 Å². The average Bonchev–Trinajstić information content (AvgIpc) is 2.98. The molecule has 88 valence electrons. The highest BCUT2D eigenvalue weighted by Gasteiger charge is 2.25. The lowest BCUT2D eigenvalue weighted by molar-refractivity contribution is -0.122. The molecule has 4 heteroatoms. The molecule has 1 amide bonds. The minimum absolute atomic E-state index is 0.0275. The van der Waals surface area contributed by atoms with Gasteiger partial charge in [0.25, 0.3) is 0 Å². The number of carbonyl (C=O) groups is 1. The Morgan fingerprint density at radius 2 is 2.20 bits per heavy atom. The van der Waals surface area contributed by atoms with Crippen LogP contribution in [0.3, 0.4) is 0 Å². The van der Waals surface area contributed by atoms with Crippen molar-refractivity contribution in [3.63, 3.8) is 0 Å². The summed E-state index contributed by atoms with van der Waals surface area (Å²) in [6, 6.07) is 0.557. The summed E-state index contributed by atoms with van der Waals surface area (Å²) >= 11 is 0. The molecule has 1 saturated carbocycles. The molecule has 0 radical (unpaired) electrons. The zero-order chi connectivity index (χ0) is 11.3. The molecule has 0 aliphatic heterocycles. The number of aliphatic hydroxyl groups is 1. The fraction of sp³-hybridized carbons (Fsp3) is 0.909. The molecular weight excluding hydrogens is 192 g/mol. The molecular formula is C11H22N2O2. The number of aliphatic hydroxyl groups excluding tert-OH is 1. The number of amides is 1. The van der Waals surface area contributed by atoms with Crippen molar-refractivity contribution in [2.45, 2.75) is 51.1 Å². The summed E-state index contributed by atoms with van der Waals surface area (Å²) in [7, 11) is 0. The second-order valence-electron chi connectivity index (χ2n) is 4.59. The van der Waals surface area contributed by atoms with Crippen LogP contribution in [0.4, 0.5) is 0 Å². The summed E-state index contributed by atoms with van der Waals surface area (Å²) in [6.07, 6.45) is 3.82. The van der Waals surface area contributed by atoms with E-state index < -0.39 is 0 Å².